The van der Waals surface area contributed by atoms with E-state index in [0.717, 1.165) is 16.6 Å². The monoisotopic (exact) mass is 209 g/mol. The Morgan fingerprint density at radius 1 is 1.64 bits per heavy atom. The Hall–Kier alpha value is -1.23. The maximum atomic E-state index is 11.5. The van der Waals surface area contributed by atoms with E-state index in [2.05, 4.69) is 16.9 Å². The lowest BCUT2D eigenvalue weighted by Gasteiger charge is -1.96. The van der Waals surface area contributed by atoms with E-state index >= 15 is 0 Å². The number of hydrogen-bond acceptors (Lipinski definition) is 3. The van der Waals surface area contributed by atoms with Crippen LogP contribution < -0.4 is 5.56 Å². The third kappa shape index (κ3) is 1.33. The molecule has 0 unspecified atom stereocenters. The Labute approximate surface area is 85.4 Å². The van der Waals surface area contributed by atoms with Crippen LogP contribution in [0.15, 0.2) is 22.3 Å². The number of hydrogen-bond donors (Lipinski definition) is 1. The Kier molecular flexibility index (Phi) is 2.33. The van der Waals surface area contributed by atoms with Crippen molar-refractivity contribution < 1.29 is 0 Å². The van der Waals surface area contributed by atoms with Crippen LogP contribution in [0.3, 0.4) is 0 Å². The smallest absolute Gasteiger partial charge is 0.274 e. The number of H-pyrrole nitrogens is 1. The average Bonchev–Trinajstić information content (AvgIpc) is 2.46. The maximum absolute atomic E-state index is 11.5. The number of imidazole rings is 1. The van der Waals surface area contributed by atoms with Gasteiger partial charge in [-0.1, -0.05) is 18.7 Å². The van der Waals surface area contributed by atoms with Crippen molar-refractivity contribution in [2.75, 3.05) is 5.75 Å². The summed E-state index contributed by atoms with van der Waals surface area (Å²) in [5, 5.41) is 0.881. The largest absolute Gasteiger partial charge is 0.326 e. The zero-order valence-corrected chi connectivity index (χ0v) is 8.89. The summed E-state index contributed by atoms with van der Waals surface area (Å²) in [4.78, 5) is 18.5. The SMILES string of the molecule is CCSc1nc(C)c2c(=O)[nH]ccn12. The minimum atomic E-state index is -0.0829. The maximum Gasteiger partial charge on any atom is 0.274 e. The van der Waals surface area contributed by atoms with Crippen LogP contribution in [0.5, 0.6) is 0 Å². The van der Waals surface area contributed by atoms with Crippen molar-refractivity contribution >= 4 is 17.3 Å². The van der Waals surface area contributed by atoms with Gasteiger partial charge in [-0.15, -0.1) is 0 Å². The minimum absolute atomic E-state index is 0.0829. The molecule has 0 fully saturated rings. The topological polar surface area (TPSA) is 50.2 Å². The first kappa shape index (κ1) is 9.33. The quantitative estimate of drug-likeness (QED) is 0.761. The Balaban J connectivity index is 2.77. The van der Waals surface area contributed by atoms with Gasteiger partial charge in [0.2, 0.25) is 0 Å². The molecule has 2 heterocycles. The van der Waals surface area contributed by atoms with E-state index in [9.17, 15) is 4.79 Å². The molecule has 2 aromatic heterocycles. The van der Waals surface area contributed by atoms with Crippen LogP contribution in [-0.4, -0.2) is 20.1 Å². The van der Waals surface area contributed by atoms with Crippen molar-refractivity contribution in [1.29, 1.82) is 0 Å². The van der Waals surface area contributed by atoms with E-state index < -0.39 is 0 Å². The first-order valence-corrected chi connectivity index (χ1v) is 5.41. The molecule has 0 spiro atoms. The number of nitrogens with one attached hydrogen (secondary N) is 1. The molecule has 0 bridgehead atoms. The van der Waals surface area contributed by atoms with Crippen molar-refractivity contribution in [3.05, 3.63) is 28.4 Å². The molecule has 2 rings (SSSR count). The highest BCUT2D eigenvalue weighted by atomic mass is 32.2. The summed E-state index contributed by atoms with van der Waals surface area (Å²) in [5.41, 5.74) is 1.34. The summed E-state index contributed by atoms with van der Waals surface area (Å²) in [6.45, 7) is 3.92. The molecule has 14 heavy (non-hydrogen) atoms. The normalized spacial score (nSPS) is 11.0. The second kappa shape index (κ2) is 3.49. The Bertz CT molecular complexity index is 514. The van der Waals surface area contributed by atoms with E-state index in [1.54, 1.807) is 18.0 Å². The van der Waals surface area contributed by atoms with Crippen molar-refractivity contribution in [2.45, 2.75) is 19.0 Å². The fourth-order valence-corrected chi connectivity index (χ4v) is 2.17. The number of aromatic amines is 1. The summed E-state index contributed by atoms with van der Waals surface area (Å²) >= 11 is 1.63. The summed E-state index contributed by atoms with van der Waals surface area (Å²) in [7, 11) is 0. The standard InChI is InChI=1S/C9H11N3OS/c1-3-14-9-11-6(2)7-8(13)10-4-5-12(7)9/h4-5H,3H2,1-2H3,(H,10,13). The molecule has 0 saturated heterocycles. The first-order valence-electron chi connectivity index (χ1n) is 4.43. The molecule has 0 radical (unpaired) electrons. The summed E-state index contributed by atoms with van der Waals surface area (Å²) < 4.78 is 1.84. The summed E-state index contributed by atoms with van der Waals surface area (Å²) in [5.74, 6) is 0.950. The number of nitrogens with zero attached hydrogens (tertiary/aromatic N) is 2. The van der Waals surface area contributed by atoms with Crippen molar-refractivity contribution in [1.82, 2.24) is 14.4 Å². The van der Waals surface area contributed by atoms with Crippen LogP contribution in [0.4, 0.5) is 0 Å². The Morgan fingerprint density at radius 2 is 2.43 bits per heavy atom. The fraction of sp³-hybridized carbons (Fsp3) is 0.333. The average molecular weight is 209 g/mol. The van der Waals surface area contributed by atoms with Crippen molar-refractivity contribution in [2.24, 2.45) is 0 Å². The lowest BCUT2D eigenvalue weighted by Crippen LogP contribution is -2.08. The lowest BCUT2D eigenvalue weighted by atomic mass is 10.4. The molecule has 0 aliphatic rings. The second-order valence-corrected chi connectivity index (χ2v) is 4.15. The van der Waals surface area contributed by atoms with Gasteiger partial charge < -0.3 is 4.98 Å². The van der Waals surface area contributed by atoms with Crippen LogP contribution in [0.25, 0.3) is 5.52 Å². The van der Waals surface area contributed by atoms with Gasteiger partial charge in [-0.25, -0.2) is 4.98 Å². The third-order valence-electron chi connectivity index (χ3n) is 1.98. The van der Waals surface area contributed by atoms with Crippen molar-refractivity contribution in [3.63, 3.8) is 0 Å². The molecule has 0 aliphatic carbocycles. The first-order chi connectivity index (χ1) is 6.74. The third-order valence-corrected chi connectivity index (χ3v) is 2.81. The number of aromatic nitrogens is 3. The van der Waals surface area contributed by atoms with Gasteiger partial charge in [-0.3, -0.25) is 9.20 Å². The van der Waals surface area contributed by atoms with E-state index in [4.69, 9.17) is 0 Å². The van der Waals surface area contributed by atoms with Gasteiger partial charge in [0.15, 0.2) is 5.16 Å². The second-order valence-electron chi connectivity index (χ2n) is 2.92. The highest BCUT2D eigenvalue weighted by Crippen LogP contribution is 2.18. The van der Waals surface area contributed by atoms with Gasteiger partial charge in [0.1, 0.15) is 5.52 Å². The molecule has 74 valence electrons. The molecular weight excluding hydrogens is 198 g/mol. The molecule has 0 amide bonds. The van der Waals surface area contributed by atoms with Gasteiger partial charge >= 0.3 is 0 Å². The van der Waals surface area contributed by atoms with Crippen LogP contribution in [0.1, 0.15) is 12.6 Å². The predicted molar refractivity (Wildman–Crippen MR) is 56.9 cm³/mol. The highest BCUT2D eigenvalue weighted by Gasteiger charge is 2.09. The minimum Gasteiger partial charge on any atom is -0.326 e. The summed E-state index contributed by atoms with van der Waals surface area (Å²) in [6, 6.07) is 0. The number of rotatable bonds is 2. The van der Waals surface area contributed by atoms with E-state index in [0.29, 0.717) is 5.52 Å². The zero-order chi connectivity index (χ0) is 10.1. The van der Waals surface area contributed by atoms with Crippen LogP contribution in [0.2, 0.25) is 0 Å². The number of fused-ring (bicyclic) bond motifs is 1. The fourth-order valence-electron chi connectivity index (χ4n) is 1.42. The molecule has 0 aliphatic heterocycles. The lowest BCUT2D eigenvalue weighted by molar-refractivity contribution is 0.936. The van der Waals surface area contributed by atoms with E-state index in [1.165, 1.54) is 0 Å². The van der Waals surface area contributed by atoms with E-state index in [-0.39, 0.29) is 5.56 Å². The molecule has 0 saturated carbocycles. The van der Waals surface area contributed by atoms with Crippen LogP contribution in [0, 0.1) is 6.92 Å². The molecule has 1 N–H and O–H groups in total. The van der Waals surface area contributed by atoms with E-state index in [1.807, 2.05) is 17.5 Å². The number of thioether (sulfide) groups is 1. The van der Waals surface area contributed by atoms with Crippen LogP contribution >= 0.6 is 11.8 Å². The molecule has 0 atom stereocenters. The van der Waals surface area contributed by atoms with Gasteiger partial charge in [-0.2, -0.15) is 0 Å². The van der Waals surface area contributed by atoms with Gasteiger partial charge in [-0.05, 0) is 12.7 Å². The highest BCUT2D eigenvalue weighted by molar-refractivity contribution is 7.99. The predicted octanol–water partition coefficient (Wildman–Crippen LogP) is 1.44. The molecule has 0 aromatic carbocycles. The zero-order valence-electron chi connectivity index (χ0n) is 8.07. The van der Waals surface area contributed by atoms with Crippen molar-refractivity contribution in [3.8, 4) is 0 Å². The van der Waals surface area contributed by atoms with Crippen LogP contribution in [-0.2, 0) is 0 Å². The summed E-state index contributed by atoms with van der Waals surface area (Å²) in [6.07, 6.45) is 3.46. The molecule has 2 aromatic rings. The van der Waals surface area contributed by atoms with Gasteiger partial charge in [0, 0.05) is 12.4 Å². The molecule has 5 heteroatoms. The van der Waals surface area contributed by atoms with Gasteiger partial charge in [0.05, 0.1) is 5.69 Å². The molecule has 4 nitrogen and oxygen atoms in total. The Morgan fingerprint density at radius 3 is 3.14 bits per heavy atom. The number of aryl methyl sites for hydroxylation is 1. The molecular formula is C9H11N3OS. The van der Waals surface area contributed by atoms with Gasteiger partial charge in [0.25, 0.3) is 5.56 Å².